The van der Waals surface area contributed by atoms with Crippen LogP contribution in [0.25, 0.3) is 0 Å². The normalized spacial score (nSPS) is 15.5. The van der Waals surface area contributed by atoms with Crippen LogP contribution in [-0.2, 0) is 5.41 Å². The molecule has 1 unspecified atom stereocenters. The third-order valence-electron chi connectivity index (χ3n) is 3.04. The summed E-state index contributed by atoms with van der Waals surface area (Å²) in [6, 6.07) is 2.16. The summed E-state index contributed by atoms with van der Waals surface area (Å²) < 4.78 is 6.44. The van der Waals surface area contributed by atoms with E-state index in [2.05, 4.69) is 42.8 Å². The molecule has 0 aromatic carbocycles. The van der Waals surface area contributed by atoms with Gasteiger partial charge in [0.05, 0.1) is 0 Å². The van der Waals surface area contributed by atoms with Crippen molar-refractivity contribution in [2.75, 3.05) is 0 Å². The zero-order chi connectivity index (χ0) is 10.8. The second-order valence-electron chi connectivity index (χ2n) is 4.21. The maximum absolute atomic E-state index is 5.53. The first kappa shape index (κ1) is 11.8. The molecule has 0 aliphatic carbocycles. The molecule has 0 fully saturated rings. The highest BCUT2D eigenvalue weighted by molar-refractivity contribution is 9.10. The van der Waals surface area contributed by atoms with Crippen molar-refractivity contribution in [2.45, 2.75) is 52.4 Å². The van der Waals surface area contributed by atoms with Crippen molar-refractivity contribution < 1.29 is 4.42 Å². The van der Waals surface area contributed by atoms with Crippen LogP contribution in [0.1, 0.15) is 51.4 Å². The number of halogens is 1. The van der Waals surface area contributed by atoms with Gasteiger partial charge in [0.15, 0.2) is 4.67 Å². The van der Waals surface area contributed by atoms with Crippen LogP contribution in [-0.4, -0.2) is 0 Å². The average Bonchev–Trinajstić information content (AvgIpc) is 2.46. The van der Waals surface area contributed by atoms with E-state index in [0.717, 1.165) is 16.9 Å². The van der Waals surface area contributed by atoms with E-state index in [0.29, 0.717) is 0 Å². The highest BCUT2D eigenvalue weighted by atomic mass is 79.9. The van der Waals surface area contributed by atoms with Gasteiger partial charge >= 0.3 is 0 Å². The SMILES string of the molecule is CCCC(C)(CC)c1cc(C)oc1Br. The molecular weight excluding hydrogens is 240 g/mol. The van der Waals surface area contributed by atoms with E-state index < -0.39 is 0 Å². The van der Waals surface area contributed by atoms with Gasteiger partial charge in [-0.25, -0.2) is 0 Å². The first-order valence-electron chi connectivity index (χ1n) is 5.30. The number of rotatable bonds is 4. The summed E-state index contributed by atoms with van der Waals surface area (Å²) in [4.78, 5) is 0. The van der Waals surface area contributed by atoms with Gasteiger partial charge in [-0.2, -0.15) is 0 Å². The molecule has 1 nitrogen and oxygen atoms in total. The van der Waals surface area contributed by atoms with E-state index >= 15 is 0 Å². The van der Waals surface area contributed by atoms with Crippen molar-refractivity contribution in [1.29, 1.82) is 0 Å². The van der Waals surface area contributed by atoms with Crippen molar-refractivity contribution >= 4 is 15.9 Å². The molecule has 2 heteroatoms. The van der Waals surface area contributed by atoms with E-state index in [-0.39, 0.29) is 5.41 Å². The summed E-state index contributed by atoms with van der Waals surface area (Å²) in [6.07, 6.45) is 3.57. The second-order valence-corrected chi connectivity index (χ2v) is 4.93. The number of hydrogen-bond acceptors (Lipinski definition) is 1. The van der Waals surface area contributed by atoms with E-state index in [1.807, 2.05) is 6.92 Å². The van der Waals surface area contributed by atoms with Gasteiger partial charge in [0.2, 0.25) is 0 Å². The summed E-state index contributed by atoms with van der Waals surface area (Å²) in [7, 11) is 0. The largest absolute Gasteiger partial charge is 0.454 e. The first-order chi connectivity index (χ1) is 6.53. The Labute approximate surface area is 95.0 Å². The number of aryl methyl sites for hydroxylation is 1. The van der Waals surface area contributed by atoms with Crippen LogP contribution in [0, 0.1) is 6.92 Å². The van der Waals surface area contributed by atoms with Crippen molar-refractivity contribution in [2.24, 2.45) is 0 Å². The van der Waals surface area contributed by atoms with Crippen LogP contribution in [0.3, 0.4) is 0 Å². The summed E-state index contributed by atoms with van der Waals surface area (Å²) >= 11 is 3.50. The minimum Gasteiger partial charge on any atom is -0.454 e. The summed E-state index contributed by atoms with van der Waals surface area (Å²) in [5.41, 5.74) is 1.57. The molecule has 0 aliphatic heterocycles. The minimum atomic E-state index is 0.255. The van der Waals surface area contributed by atoms with E-state index in [9.17, 15) is 0 Å². The Kier molecular flexibility index (Phi) is 3.82. The quantitative estimate of drug-likeness (QED) is 0.755. The van der Waals surface area contributed by atoms with Crippen LogP contribution in [0.5, 0.6) is 0 Å². The number of hydrogen-bond donors (Lipinski definition) is 0. The smallest absolute Gasteiger partial charge is 0.173 e. The van der Waals surface area contributed by atoms with Crippen LogP contribution < -0.4 is 0 Å². The average molecular weight is 259 g/mol. The lowest BCUT2D eigenvalue weighted by atomic mass is 9.78. The predicted molar refractivity (Wildman–Crippen MR) is 63.7 cm³/mol. The molecule has 1 heterocycles. The molecule has 80 valence electrons. The van der Waals surface area contributed by atoms with Crippen LogP contribution >= 0.6 is 15.9 Å². The van der Waals surface area contributed by atoms with Crippen LogP contribution in [0.2, 0.25) is 0 Å². The second kappa shape index (κ2) is 4.52. The van der Waals surface area contributed by atoms with Gasteiger partial charge in [0.25, 0.3) is 0 Å². The van der Waals surface area contributed by atoms with Crippen molar-refractivity contribution in [3.63, 3.8) is 0 Å². The maximum Gasteiger partial charge on any atom is 0.173 e. The fourth-order valence-electron chi connectivity index (χ4n) is 1.95. The van der Waals surface area contributed by atoms with Gasteiger partial charge in [-0.15, -0.1) is 0 Å². The monoisotopic (exact) mass is 258 g/mol. The third-order valence-corrected chi connectivity index (χ3v) is 3.63. The summed E-state index contributed by atoms with van der Waals surface area (Å²) in [5, 5.41) is 0. The summed E-state index contributed by atoms with van der Waals surface area (Å²) in [6.45, 7) is 8.78. The molecule has 0 spiro atoms. The fourth-order valence-corrected chi connectivity index (χ4v) is 2.80. The Bertz CT molecular complexity index is 303. The number of furan rings is 1. The Morgan fingerprint density at radius 2 is 2.07 bits per heavy atom. The van der Waals surface area contributed by atoms with Gasteiger partial charge in [-0.05, 0) is 47.2 Å². The van der Waals surface area contributed by atoms with E-state index in [1.54, 1.807) is 0 Å². The van der Waals surface area contributed by atoms with Crippen LogP contribution in [0.4, 0.5) is 0 Å². The van der Waals surface area contributed by atoms with Gasteiger partial charge in [0.1, 0.15) is 5.76 Å². The molecule has 0 aliphatic rings. The fraction of sp³-hybridized carbons (Fsp3) is 0.667. The molecule has 0 radical (unpaired) electrons. The molecule has 14 heavy (non-hydrogen) atoms. The highest BCUT2D eigenvalue weighted by Gasteiger charge is 2.28. The van der Waals surface area contributed by atoms with Crippen molar-refractivity contribution in [1.82, 2.24) is 0 Å². The molecule has 0 bridgehead atoms. The summed E-state index contributed by atoms with van der Waals surface area (Å²) in [5.74, 6) is 0.989. The Morgan fingerprint density at radius 1 is 1.43 bits per heavy atom. The molecular formula is C12H19BrO. The standard InChI is InChI=1S/C12H19BrO/c1-5-7-12(4,6-2)10-8-9(3)14-11(10)13/h8H,5-7H2,1-4H3. The van der Waals surface area contributed by atoms with Gasteiger partial charge in [-0.3, -0.25) is 0 Å². The Balaban J connectivity index is 3.04. The minimum absolute atomic E-state index is 0.255. The van der Waals surface area contributed by atoms with Crippen molar-refractivity contribution in [3.05, 3.63) is 22.1 Å². The lowest BCUT2D eigenvalue weighted by Crippen LogP contribution is -2.20. The zero-order valence-electron chi connectivity index (χ0n) is 9.48. The molecule has 1 aromatic rings. The third kappa shape index (κ3) is 2.22. The molecule has 1 aromatic heterocycles. The molecule has 1 atom stereocenters. The molecule has 0 saturated carbocycles. The molecule has 0 N–H and O–H groups in total. The first-order valence-corrected chi connectivity index (χ1v) is 6.09. The van der Waals surface area contributed by atoms with Crippen molar-refractivity contribution in [3.8, 4) is 0 Å². The Morgan fingerprint density at radius 3 is 2.43 bits per heavy atom. The molecule has 0 amide bonds. The van der Waals surface area contributed by atoms with E-state index in [4.69, 9.17) is 4.42 Å². The molecule has 0 saturated heterocycles. The molecule has 1 rings (SSSR count). The zero-order valence-corrected chi connectivity index (χ0v) is 11.1. The lowest BCUT2D eigenvalue weighted by Gasteiger charge is -2.27. The lowest BCUT2D eigenvalue weighted by molar-refractivity contribution is 0.401. The highest BCUT2D eigenvalue weighted by Crippen LogP contribution is 2.38. The van der Waals surface area contributed by atoms with Gasteiger partial charge < -0.3 is 4.42 Å². The Hall–Kier alpha value is -0.240. The van der Waals surface area contributed by atoms with Crippen LogP contribution in [0.15, 0.2) is 15.2 Å². The predicted octanol–water partition coefficient (Wildman–Crippen LogP) is 4.82. The topological polar surface area (TPSA) is 13.1 Å². The van der Waals surface area contributed by atoms with Gasteiger partial charge in [-0.1, -0.05) is 27.2 Å². The van der Waals surface area contributed by atoms with Gasteiger partial charge in [0, 0.05) is 5.56 Å². The maximum atomic E-state index is 5.53. The van der Waals surface area contributed by atoms with E-state index in [1.165, 1.54) is 18.4 Å².